The average molecular weight is 179 g/mol. The fraction of sp³-hybridized carbons (Fsp3) is 0.455. The molecule has 0 spiro atoms. The van der Waals surface area contributed by atoms with Gasteiger partial charge in [-0.05, 0) is 18.4 Å². The lowest BCUT2D eigenvalue weighted by molar-refractivity contribution is 0.385. The summed E-state index contributed by atoms with van der Waals surface area (Å²) >= 11 is 0. The van der Waals surface area contributed by atoms with Crippen LogP contribution in [0.5, 0.6) is 0 Å². The van der Waals surface area contributed by atoms with E-state index < -0.39 is 6.17 Å². The summed E-state index contributed by atoms with van der Waals surface area (Å²) < 4.78 is 13.1. The maximum atomic E-state index is 13.1. The molecule has 0 radical (unpaired) electrons. The third-order valence-electron chi connectivity index (χ3n) is 2.67. The molecular formula is C11H14FN. The van der Waals surface area contributed by atoms with Gasteiger partial charge in [0, 0.05) is 12.1 Å². The van der Waals surface area contributed by atoms with Crippen molar-refractivity contribution in [3.8, 4) is 0 Å². The summed E-state index contributed by atoms with van der Waals surface area (Å²) in [6.07, 6.45) is 8.10. The van der Waals surface area contributed by atoms with Crippen LogP contribution in [0, 0.1) is 0 Å². The van der Waals surface area contributed by atoms with Gasteiger partial charge < -0.3 is 5.32 Å². The van der Waals surface area contributed by atoms with Crippen LogP contribution < -0.4 is 5.32 Å². The number of alkyl halides is 1. The molecule has 13 heavy (non-hydrogen) atoms. The van der Waals surface area contributed by atoms with Crippen LogP contribution in [0.25, 0.3) is 0 Å². The Bertz CT molecular complexity index is 278. The Kier molecular flexibility index (Phi) is 2.21. The molecule has 0 aromatic carbocycles. The number of hydrogen-bond acceptors (Lipinski definition) is 1. The minimum atomic E-state index is -0.864. The molecule has 2 heteroatoms. The minimum absolute atomic E-state index is 0.187. The quantitative estimate of drug-likeness (QED) is 0.652. The Morgan fingerprint density at radius 1 is 1.54 bits per heavy atom. The van der Waals surface area contributed by atoms with Crippen LogP contribution in [0.15, 0.2) is 36.1 Å². The summed E-state index contributed by atoms with van der Waals surface area (Å²) in [5.41, 5.74) is 1.85. The number of hydrogen-bond donors (Lipinski definition) is 1. The van der Waals surface area contributed by atoms with Gasteiger partial charge in [0.15, 0.2) is 0 Å². The molecule has 1 nitrogen and oxygen atoms in total. The molecule has 2 rings (SSSR count). The van der Waals surface area contributed by atoms with E-state index in [4.69, 9.17) is 0 Å². The van der Waals surface area contributed by atoms with Gasteiger partial charge in [-0.25, -0.2) is 4.39 Å². The van der Waals surface area contributed by atoms with Crippen molar-refractivity contribution in [2.45, 2.75) is 31.5 Å². The first-order valence-electron chi connectivity index (χ1n) is 4.72. The fourth-order valence-corrected chi connectivity index (χ4v) is 1.88. The highest BCUT2D eigenvalue weighted by molar-refractivity contribution is 5.27. The van der Waals surface area contributed by atoms with E-state index in [1.54, 1.807) is 0 Å². The molecule has 2 unspecified atom stereocenters. The van der Waals surface area contributed by atoms with Crippen molar-refractivity contribution in [2.75, 3.05) is 0 Å². The molecule has 0 amide bonds. The lowest BCUT2D eigenvalue weighted by Gasteiger charge is -2.16. The van der Waals surface area contributed by atoms with Gasteiger partial charge in [-0.2, -0.15) is 0 Å². The van der Waals surface area contributed by atoms with E-state index in [1.165, 1.54) is 5.57 Å². The van der Waals surface area contributed by atoms with Crippen molar-refractivity contribution in [3.63, 3.8) is 0 Å². The fourth-order valence-electron chi connectivity index (χ4n) is 1.88. The first-order chi connectivity index (χ1) is 6.27. The Balaban J connectivity index is 2.06. The van der Waals surface area contributed by atoms with Crippen molar-refractivity contribution in [1.29, 1.82) is 0 Å². The van der Waals surface area contributed by atoms with Gasteiger partial charge in [0.1, 0.15) is 6.17 Å². The molecule has 2 atom stereocenters. The van der Waals surface area contributed by atoms with Crippen molar-refractivity contribution >= 4 is 0 Å². The molecule has 1 aliphatic carbocycles. The van der Waals surface area contributed by atoms with Crippen LogP contribution in [0.1, 0.15) is 19.3 Å². The first-order valence-corrected chi connectivity index (χ1v) is 4.72. The number of allylic oxidation sites excluding steroid dienone is 4. The second kappa shape index (κ2) is 3.36. The predicted octanol–water partition coefficient (Wildman–Crippen LogP) is 2.48. The maximum absolute atomic E-state index is 13.1. The van der Waals surface area contributed by atoms with E-state index in [0.29, 0.717) is 12.1 Å². The SMILES string of the molecule is C=C1NC(C2=CC=CCC2)CC1F. The van der Waals surface area contributed by atoms with Gasteiger partial charge in [0.2, 0.25) is 0 Å². The van der Waals surface area contributed by atoms with E-state index in [9.17, 15) is 4.39 Å². The van der Waals surface area contributed by atoms with Crippen molar-refractivity contribution in [1.82, 2.24) is 5.32 Å². The Labute approximate surface area is 78.0 Å². The van der Waals surface area contributed by atoms with Crippen molar-refractivity contribution < 1.29 is 4.39 Å². The molecule has 0 saturated carbocycles. The normalized spacial score (nSPS) is 33.0. The zero-order valence-electron chi connectivity index (χ0n) is 7.59. The highest BCUT2D eigenvalue weighted by Gasteiger charge is 2.29. The first kappa shape index (κ1) is 8.54. The number of nitrogens with one attached hydrogen (secondary N) is 1. The summed E-state index contributed by atoms with van der Waals surface area (Å²) in [7, 11) is 0. The summed E-state index contributed by atoms with van der Waals surface area (Å²) in [5, 5.41) is 3.10. The Morgan fingerprint density at radius 2 is 2.38 bits per heavy atom. The van der Waals surface area contributed by atoms with Crippen LogP contribution in [0.4, 0.5) is 4.39 Å². The van der Waals surface area contributed by atoms with E-state index in [0.717, 1.165) is 12.8 Å². The largest absolute Gasteiger partial charge is 0.380 e. The summed E-state index contributed by atoms with van der Waals surface area (Å²) in [6.45, 7) is 3.65. The van der Waals surface area contributed by atoms with E-state index in [2.05, 4.69) is 30.1 Å². The predicted molar refractivity (Wildman–Crippen MR) is 52.0 cm³/mol. The lowest BCUT2D eigenvalue weighted by Crippen LogP contribution is -2.22. The molecular weight excluding hydrogens is 165 g/mol. The van der Waals surface area contributed by atoms with Gasteiger partial charge in [-0.15, -0.1) is 0 Å². The summed E-state index contributed by atoms with van der Waals surface area (Å²) in [6, 6.07) is 0.187. The molecule has 1 N–H and O–H groups in total. The molecule has 2 aliphatic rings. The van der Waals surface area contributed by atoms with Crippen LogP contribution in [0.2, 0.25) is 0 Å². The third kappa shape index (κ3) is 1.67. The number of rotatable bonds is 1. The van der Waals surface area contributed by atoms with Gasteiger partial charge in [0.25, 0.3) is 0 Å². The zero-order valence-corrected chi connectivity index (χ0v) is 7.59. The number of halogens is 1. The highest BCUT2D eigenvalue weighted by atomic mass is 19.1. The molecule has 0 aromatic heterocycles. The van der Waals surface area contributed by atoms with Crippen molar-refractivity contribution in [2.24, 2.45) is 0 Å². The topological polar surface area (TPSA) is 12.0 Å². The maximum Gasteiger partial charge on any atom is 0.141 e. The van der Waals surface area contributed by atoms with E-state index >= 15 is 0 Å². The Morgan fingerprint density at radius 3 is 2.92 bits per heavy atom. The van der Waals surface area contributed by atoms with Gasteiger partial charge in [-0.3, -0.25) is 0 Å². The van der Waals surface area contributed by atoms with Crippen LogP contribution in [-0.2, 0) is 0 Å². The van der Waals surface area contributed by atoms with Gasteiger partial charge in [0.05, 0.1) is 6.04 Å². The Hall–Kier alpha value is -1.05. The standard InChI is InChI=1S/C11H14FN/c1-8-10(12)7-11(13-8)9-5-3-2-4-6-9/h2-3,5,10-11,13H,1,4,6-7H2. The summed E-state index contributed by atoms with van der Waals surface area (Å²) in [5.74, 6) is 0. The molecule has 1 heterocycles. The van der Waals surface area contributed by atoms with Crippen LogP contribution in [0.3, 0.4) is 0 Å². The lowest BCUT2D eigenvalue weighted by atomic mass is 9.97. The minimum Gasteiger partial charge on any atom is -0.380 e. The second-order valence-electron chi connectivity index (χ2n) is 3.63. The summed E-state index contributed by atoms with van der Waals surface area (Å²) in [4.78, 5) is 0. The molecule has 1 aliphatic heterocycles. The average Bonchev–Trinajstić information content (AvgIpc) is 2.49. The molecule has 70 valence electrons. The smallest absolute Gasteiger partial charge is 0.141 e. The highest BCUT2D eigenvalue weighted by Crippen LogP contribution is 2.27. The molecule has 0 bridgehead atoms. The zero-order chi connectivity index (χ0) is 9.26. The third-order valence-corrected chi connectivity index (χ3v) is 2.67. The monoisotopic (exact) mass is 179 g/mol. The second-order valence-corrected chi connectivity index (χ2v) is 3.63. The van der Waals surface area contributed by atoms with Crippen LogP contribution in [-0.4, -0.2) is 12.2 Å². The van der Waals surface area contributed by atoms with E-state index in [-0.39, 0.29) is 6.04 Å². The van der Waals surface area contributed by atoms with Gasteiger partial charge >= 0.3 is 0 Å². The van der Waals surface area contributed by atoms with Crippen molar-refractivity contribution in [3.05, 3.63) is 36.1 Å². The van der Waals surface area contributed by atoms with Crippen LogP contribution >= 0.6 is 0 Å². The molecule has 1 fully saturated rings. The molecule has 0 aromatic rings. The van der Waals surface area contributed by atoms with Gasteiger partial charge in [-0.1, -0.05) is 24.8 Å². The molecule has 1 saturated heterocycles. The van der Waals surface area contributed by atoms with E-state index in [1.807, 2.05) is 0 Å².